The summed E-state index contributed by atoms with van der Waals surface area (Å²) < 4.78 is 7.80. The van der Waals surface area contributed by atoms with Crippen molar-refractivity contribution in [2.24, 2.45) is 0 Å². The zero-order valence-corrected chi connectivity index (χ0v) is 16.4. The molecule has 0 bridgehead atoms. The van der Waals surface area contributed by atoms with Gasteiger partial charge < -0.3 is 10.5 Å². The molecule has 0 unspecified atom stereocenters. The van der Waals surface area contributed by atoms with Crippen LogP contribution in [0.25, 0.3) is 22.3 Å². The van der Waals surface area contributed by atoms with Gasteiger partial charge in [0.05, 0.1) is 11.4 Å². The quantitative estimate of drug-likeness (QED) is 0.541. The first-order chi connectivity index (χ1) is 14.7. The molecule has 0 radical (unpaired) electrons. The van der Waals surface area contributed by atoms with Crippen LogP contribution in [0.3, 0.4) is 0 Å². The zero-order valence-electron chi connectivity index (χ0n) is 16.4. The summed E-state index contributed by atoms with van der Waals surface area (Å²) in [5.74, 6) is 2.23. The number of rotatable bonds is 4. The molecule has 2 aromatic heterocycles. The number of nitrogens with zero attached hydrogens (tertiary/aromatic N) is 4. The Bertz CT molecular complexity index is 1190. The maximum Gasteiger partial charge on any atom is 0.164 e. The van der Waals surface area contributed by atoms with Crippen molar-refractivity contribution in [2.75, 3.05) is 5.73 Å². The molecular weight excluding hydrogens is 378 g/mol. The number of aromatic nitrogens is 4. The van der Waals surface area contributed by atoms with Gasteiger partial charge in [-0.1, -0.05) is 18.2 Å². The molecular formula is C23H21N5O2. The highest BCUT2D eigenvalue weighted by Crippen LogP contribution is 2.36. The molecule has 1 aliphatic carbocycles. The summed E-state index contributed by atoms with van der Waals surface area (Å²) >= 11 is 0. The highest BCUT2D eigenvalue weighted by atomic mass is 16.5. The van der Waals surface area contributed by atoms with E-state index < -0.39 is 0 Å². The first kappa shape index (κ1) is 18.3. The average molecular weight is 399 g/mol. The summed E-state index contributed by atoms with van der Waals surface area (Å²) in [6.07, 6.45) is 4.15. The van der Waals surface area contributed by atoms with Crippen LogP contribution in [0.5, 0.6) is 11.5 Å². The number of ketones is 1. The van der Waals surface area contributed by atoms with Gasteiger partial charge in [0.15, 0.2) is 5.65 Å². The molecule has 7 heteroatoms. The number of para-hydroxylation sites is 1. The molecule has 0 saturated heterocycles. The molecule has 1 fully saturated rings. The SMILES string of the molecule is Nc1ncnc2c1c(-c1ccc(Oc3ccccc3)cc1)nn2C1CCC(=O)CC1. The number of ether oxygens (including phenoxy) is 1. The van der Waals surface area contributed by atoms with E-state index in [1.54, 1.807) is 0 Å². The van der Waals surface area contributed by atoms with Crippen molar-refractivity contribution in [3.8, 4) is 22.8 Å². The Kier molecular flexibility index (Phi) is 4.63. The van der Waals surface area contributed by atoms with Gasteiger partial charge in [-0.3, -0.25) is 4.79 Å². The number of carbonyl (C=O) groups excluding carboxylic acids is 1. The smallest absolute Gasteiger partial charge is 0.164 e. The van der Waals surface area contributed by atoms with E-state index in [0.29, 0.717) is 30.1 Å². The molecule has 1 aliphatic rings. The number of fused-ring (bicyclic) bond motifs is 1. The fourth-order valence-corrected chi connectivity index (χ4v) is 3.93. The lowest BCUT2D eigenvalue weighted by Crippen LogP contribution is -2.19. The number of nitrogens with two attached hydrogens (primary N) is 1. The lowest BCUT2D eigenvalue weighted by Gasteiger charge is -2.21. The minimum Gasteiger partial charge on any atom is -0.457 e. The summed E-state index contributed by atoms with van der Waals surface area (Å²) in [7, 11) is 0. The van der Waals surface area contributed by atoms with Gasteiger partial charge in [0.25, 0.3) is 0 Å². The summed E-state index contributed by atoms with van der Waals surface area (Å²) in [6, 6.07) is 17.5. The third kappa shape index (κ3) is 3.39. The van der Waals surface area contributed by atoms with Crippen LogP contribution in [0.1, 0.15) is 31.7 Å². The molecule has 150 valence electrons. The standard InChI is InChI=1S/C23H21N5O2/c24-22-20-21(15-6-12-19(13-7-15)30-18-4-2-1-3-5-18)27-28(23(20)26-14-25-22)16-8-10-17(29)11-9-16/h1-7,12-14,16H,8-11H2,(H2,24,25,26). The second-order valence-electron chi connectivity index (χ2n) is 7.46. The maximum absolute atomic E-state index is 11.7. The van der Waals surface area contributed by atoms with E-state index in [-0.39, 0.29) is 6.04 Å². The summed E-state index contributed by atoms with van der Waals surface area (Å²) in [5.41, 5.74) is 8.57. The van der Waals surface area contributed by atoms with Gasteiger partial charge in [0, 0.05) is 18.4 Å². The lowest BCUT2D eigenvalue weighted by atomic mass is 9.94. The number of hydrogen-bond acceptors (Lipinski definition) is 6. The molecule has 0 aliphatic heterocycles. The minimum absolute atomic E-state index is 0.133. The third-order valence-electron chi connectivity index (χ3n) is 5.48. The van der Waals surface area contributed by atoms with E-state index in [4.69, 9.17) is 15.6 Å². The normalized spacial score (nSPS) is 14.9. The van der Waals surface area contributed by atoms with Gasteiger partial charge in [-0.2, -0.15) is 5.10 Å². The molecule has 0 amide bonds. The number of Topliss-reactive ketones (excluding diaryl/α,β-unsaturated/α-hetero) is 1. The summed E-state index contributed by atoms with van der Waals surface area (Å²) in [6.45, 7) is 0. The topological polar surface area (TPSA) is 95.9 Å². The van der Waals surface area contributed by atoms with Crippen LogP contribution >= 0.6 is 0 Å². The Labute approximate surface area is 173 Å². The van der Waals surface area contributed by atoms with Crippen molar-refractivity contribution in [2.45, 2.75) is 31.7 Å². The Morgan fingerprint density at radius 2 is 1.63 bits per heavy atom. The highest BCUT2D eigenvalue weighted by Gasteiger charge is 2.25. The van der Waals surface area contributed by atoms with E-state index in [1.165, 1.54) is 6.33 Å². The van der Waals surface area contributed by atoms with Crippen LogP contribution < -0.4 is 10.5 Å². The van der Waals surface area contributed by atoms with E-state index in [9.17, 15) is 4.79 Å². The monoisotopic (exact) mass is 399 g/mol. The number of hydrogen-bond donors (Lipinski definition) is 1. The van der Waals surface area contributed by atoms with Crippen LogP contribution in [0, 0.1) is 0 Å². The van der Waals surface area contributed by atoms with Gasteiger partial charge in [-0.25, -0.2) is 14.6 Å². The Morgan fingerprint density at radius 1 is 0.933 bits per heavy atom. The van der Waals surface area contributed by atoms with Crippen molar-refractivity contribution in [1.82, 2.24) is 19.7 Å². The van der Waals surface area contributed by atoms with Gasteiger partial charge in [-0.15, -0.1) is 0 Å². The largest absolute Gasteiger partial charge is 0.457 e. The van der Waals surface area contributed by atoms with Crippen LogP contribution in [-0.2, 0) is 4.79 Å². The predicted octanol–water partition coefficient (Wildman–Crippen LogP) is 4.55. The molecule has 0 spiro atoms. The van der Waals surface area contributed by atoms with Crippen LogP contribution in [0.4, 0.5) is 5.82 Å². The van der Waals surface area contributed by atoms with Crippen LogP contribution in [0.15, 0.2) is 60.9 Å². The Morgan fingerprint density at radius 3 is 2.37 bits per heavy atom. The van der Waals surface area contributed by atoms with Crippen molar-refractivity contribution < 1.29 is 9.53 Å². The van der Waals surface area contributed by atoms with Crippen molar-refractivity contribution in [3.63, 3.8) is 0 Å². The van der Waals surface area contributed by atoms with Crippen molar-refractivity contribution in [1.29, 1.82) is 0 Å². The van der Waals surface area contributed by atoms with Crippen LogP contribution in [-0.4, -0.2) is 25.5 Å². The first-order valence-electron chi connectivity index (χ1n) is 10.0. The Balaban J connectivity index is 1.51. The number of carbonyl (C=O) groups is 1. The minimum atomic E-state index is 0.133. The van der Waals surface area contributed by atoms with E-state index in [1.807, 2.05) is 59.3 Å². The molecule has 7 nitrogen and oxygen atoms in total. The average Bonchev–Trinajstić information content (AvgIpc) is 3.17. The zero-order chi connectivity index (χ0) is 20.5. The van der Waals surface area contributed by atoms with Gasteiger partial charge in [-0.05, 0) is 49.2 Å². The number of nitrogen functional groups attached to an aromatic ring is 1. The molecule has 0 atom stereocenters. The number of benzene rings is 2. The molecule has 5 rings (SSSR count). The second kappa shape index (κ2) is 7.59. The Hall–Kier alpha value is -3.74. The van der Waals surface area contributed by atoms with Gasteiger partial charge in [0.1, 0.15) is 35.1 Å². The second-order valence-corrected chi connectivity index (χ2v) is 7.46. The predicted molar refractivity (Wildman–Crippen MR) is 114 cm³/mol. The third-order valence-corrected chi connectivity index (χ3v) is 5.48. The molecule has 2 N–H and O–H groups in total. The molecule has 1 saturated carbocycles. The number of anilines is 1. The highest BCUT2D eigenvalue weighted by molar-refractivity contribution is 5.98. The lowest BCUT2D eigenvalue weighted by molar-refractivity contribution is -0.120. The molecule has 30 heavy (non-hydrogen) atoms. The molecule has 2 heterocycles. The summed E-state index contributed by atoms with van der Waals surface area (Å²) in [5, 5.41) is 5.61. The fraction of sp³-hybridized carbons (Fsp3) is 0.217. The molecule has 4 aromatic rings. The molecule has 2 aromatic carbocycles. The fourth-order valence-electron chi connectivity index (χ4n) is 3.93. The van der Waals surface area contributed by atoms with Gasteiger partial charge in [0.2, 0.25) is 0 Å². The van der Waals surface area contributed by atoms with Crippen molar-refractivity contribution >= 4 is 22.6 Å². The van der Waals surface area contributed by atoms with Crippen molar-refractivity contribution in [3.05, 3.63) is 60.9 Å². The van der Waals surface area contributed by atoms with Gasteiger partial charge >= 0.3 is 0 Å². The van der Waals surface area contributed by atoms with Crippen LogP contribution in [0.2, 0.25) is 0 Å². The summed E-state index contributed by atoms with van der Waals surface area (Å²) in [4.78, 5) is 20.3. The maximum atomic E-state index is 11.7. The van der Waals surface area contributed by atoms with E-state index in [0.717, 1.165) is 41.0 Å². The first-order valence-corrected chi connectivity index (χ1v) is 10.0. The van der Waals surface area contributed by atoms with E-state index >= 15 is 0 Å². The van der Waals surface area contributed by atoms with E-state index in [2.05, 4.69) is 9.97 Å².